The van der Waals surface area contributed by atoms with Crippen LogP contribution in [0.3, 0.4) is 0 Å². The minimum absolute atomic E-state index is 0.0834. The van der Waals surface area contributed by atoms with E-state index < -0.39 is 10.0 Å². The highest BCUT2D eigenvalue weighted by atomic mass is 32.2. The first-order valence-electron chi connectivity index (χ1n) is 11.2. The number of rotatable bonds is 7. The molecule has 172 valence electrons. The molecule has 6 nitrogen and oxygen atoms in total. The summed E-state index contributed by atoms with van der Waals surface area (Å²) in [5.41, 5.74) is 3.43. The van der Waals surface area contributed by atoms with Gasteiger partial charge in [0.25, 0.3) is 0 Å². The molecule has 1 saturated heterocycles. The monoisotopic (exact) mass is 463 g/mol. The van der Waals surface area contributed by atoms with Gasteiger partial charge in [0, 0.05) is 32.6 Å². The largest absolute Gasteiger partial charge is 0.340 e. The first kappa shape index (κ1) is 23.2. The topological polar surface area (TPSA) is 83.7 Å². The highest BCUT2D eigenvalue weighted by Gasteiger charge is 2.27. The van der Waals surface area contributed by atoms with Gasteiger partial charge in [-0.2, -0.15) is 0 Å². The van der Waals surface area contributed by atoms with Crippen LogP contribution in [0.5, 0.6) is 0 Å². The van der Waals surface area contributed by atoms with Crippen LogP contribution in [0, 0.1) is 0 Å². The van der Waals surface area contributed by atoms with Crippen LogP contribution in [0.2, 0.25) is 0 Å². The summed E-state index contributed by atoms with van der Waals surface area (Å²) >= 11 is 0. The number of nitrogens with zero attached hydrogens (tertiary/aromatic N) is 2. The van der Waals surface area contributed by atoms with Gasteiger partial charge in [-0.25, -0.2) is 13.6 Å². The number of carbonyl (C=O) groups excluding carboxylic acids is 1. The molecular formula is C26H29N3O3S. The average molecular weight is 464 g/mol. The van der Waals surface area contributed by atoms with Gasteiger partial charge >= 0.3 is 0 Å². The Morgan fingerprint density at radius 3 is 1.79 bits per heavy atom. The van der Waals surface area contributed by atoms with Crippen molar-refractivity contribution in [3.8, 4) is 0 Å². The van der Waals surface area contributed by atoms with Gasteiger partial charge in [0.05, 0.1) is 10.9 Å². The molecule has 0 atom stereocenters. The van der Waals surface area contributed by atoms with Crippen molar-refractivity contribution in [3.63, 3.8) is 0 Å². The van der Waals surface area contributed by atoms with Crippen LogP contribution in [0.15, 0.2) is 89.8 Å². The van der Waals surface area contributed by atoms with Crippen molar-refractivity contribution in [2.45, 2.75) is 23.8 Å². The fourth-order valence-electron chi connectivity index (χ4n) is 4.37. The summed E-state index contributed by atoms with van der Waals surface area (Å²) in [6.07, 6.45) is 0.968. The molecule has 1 aliphatic heterocycles. The van der Waals surface area contributed by atoms with Gasteiger partial charge in [-0.05, 0) is 35.2 Å². The highest BCUT2D eigenvalue weighted by Crippen LogP contribution is 2.29. The minimum Gasteiger partial charge on any atom is -0.340 e. The fourth-order valence-corrected chi connectivity index (χ4v) is 4.88. The maximum Gasteiger partial charge on any atom is 0.238 e. The van der Waals surface area contributed by atoms with Crippen molar-refractivity contribution in [2.24, 2.45) is 5.14 Å². The first-order chi connectivity index (χ1) is 15.9. The fraction of sp³-hybridized carbons (Fsp3) is 0.269. The Kier molecular flexibility index (Phi) is 7.23. The molecule has 0 aliphatic carbocycles. The third-order valence-electron chi connectivity index (χ3n) is 6.14. The summed E-state index contributed by atoms with van der Waals surface area (Å²) < 4.78 is 22.8. The summed E-state index contributed by atoms with van der Waals surface area (Å²) in [7, 11) is -3.70. The predicted molar refractivity (Wildman–Crippen MR) is 129 cm³/mol. The maximum atomic E-state index is 12.8. The van der Waals surface area contributed by atoms with E-state index in [-0.39, 0.29) is 16.8 Å². The summed E-state index contributed by atoms with van der Waals surface area (Å²) in [6.45, 7) is 3.01. The van der Waals surface area contributed by atoms with Gasteiger partial charge in [0.2, 0.25) is 15.9 Å². The number of piperazine rings is 1. The van der Waals surface area contributed by atoms with Crippen molar-refractivity contribution in [1.29, 1.82) is 0 Å². The lowest BCUT2D eigenvalue weighted by Crippen LogP contribution is -2.49. The molecule has 4 rings (SSSR count). The lowest BCUT2D eigenvalue weighted by atomic mass is 9.96. The van der Waals surface area contributed by atoms with Gasteiger partial charge < -0.3 is 4.90 Å². The number of hydrogen-bond acceptors (Lipinski definition) is 4. The Hall–Kier alpha value is -3.00. The molecule has 1 fully saturated rings. The van der Waals surface area contributed by atoms with Crippen molar-refractivity contribution >= 4 is 15.9 Å². The number of amides is 1. The van der Waals surface area contributed by atoms with Crippen molar-refractivity contribution in [1.82, 2.24) is 9.80 Å². The van der Waals surface area contributed by atoms with Crippen molar-refractivity contribution in [2.75, 3.05) is 26.2 Å². The molecule has 0 radical (unpaired) electrons. The molecule has 0 unspecified atom stereocenters. The Labute approximate surface area is 195 Å². The van der Waals surface area contributed by atoms with Gasteiger partial charge in [0.1, 0.15) is 0 Å². The Balaban J connectivity index is 1.36. The van der Waals surface area contributed by atoms with E-state index in [0.29, 0.717) is 25.9 Å². The van der Waals surface area contributed by atoms with E-state index in [4.69, 9.17) is 5.14 Å². The second-order valence-corrected chi connectivity index (χ2v) is 9.89. The highest BCUT2D eigenvalue weighted by molar-refractivity contribution is 7.89. The smallest absolute Gasteiger partial charge is 0.238 e. The molecule has 1 heterocycles. The summed E-state index contributed by atoms with van der Waals surface area (Å²) in [5.74, 6) is 0.126. The normalized spacial score (nSPS) is 15.0. The second-order valence-electron chi connectivity index (χ2n) is 8.33. The Morgan fingerprint density at radius 2 is 1.30 bits per heavy atom. The third-order valence-corrected chi connectivity index (χ3v) is 7.07. The van der Waals surface area contributed by atoms with Crippen LogP contribution in [0.25, 0.3) is 0 Å². The summed E-state index contributed by atoms with van der Waals surface area (Å²) in [6, 6.07) is 27.6. The van der Waals surface area contributed by atoms with Gasteiger partial charge in [-0.1, -0.05) is 72.8 Å². The van der Waals surface area contributed by atoms with Crippen LogP contribution < -0.4 is 5.14 Å². The lowest BCUT2D eigenvalue weighted by Gasteiger charge is -2.40. The predicted octanol–water partition coefficient (Wildman–Crippen LogP) is 3.20. The van der Waals surface area contributed by atoms with Gasteiger partial charge in [-0.3, -0.25) is 9.69 Å². The number of carbonyl (C=O) groups is 1. The average Bonchev–Trinajstić information content (AvgIpc) is 2.84. The molecule has 0 saturated carbocycles. The molecule has 3 aromatic rings. The Morgan fingerprint density at radius 1 is 0.788 bits per heavy atom. The standard InChI is InChI=1S/C26H29N3O3S/c27-33(31,32)24-14-11-21(12-15-24)13-16-25(30)28-17-19-29(20-18-28)26(22-7-3-1-4-8-22)23-9-5-2-6-10-23/h1-12,14-15,26H,13,16-20H2,(H2,27,31,32). The molecule has 0 bridgehead atoms. The second kappa shape index (κ2) is 10.3. The van der Waals surface area contributed by atoms with Crippen molar-refractivity contribution < 1.29 is 13.2 Å². The maximum absolute atomic E-state index is 12.8. The number of benzene rings is 3. The number of aryl methyl sites for hydroxylation is 1. The van der Waals surface area contributed by atoms with E-state index in [1.54, 1.807) is 12.1 Å². The van der Waals surface area contributed by atoms with E-state index in [1.165, 1.54) is 23.3 Å². The van der Waals surface area contributed by atoms with Crippen LogP contribution >= 0.6 is 0 Å². The van der Waals surface area contributed by atoms with Crippen LogP contribution in [0.4, 0.5) is 0 Å². The molecule has 0 spiro atoms. The van der Waals surface area contributed by atoms with Crippen LogP contribution in [0.1, 0.15) is 29.2 Å². The van der Waals surface area contributed by atoms with E-state index in [9.17, 15) is 13.2 Å². The summed E-state index contributed by atoms with van der Waals surface area (Å²) in [5, 5.41) is 5.14. The molecule has 7 heteroatoms. The van der Waals surface area contributed by atoms with E-state index in [1.807, 2.05) is 17.0 Å². The molecule has 1 aliphatic rings. The SMILES string of the molecule is NS(=O)(=O)c1ccc(CCC(=O)N2CCN(C(c3ccccc3)c3ccccc3)CC2)cc1. The molecule has 33 heavy (non-hydrogen) atoms. The van der Waals surface area contributed by atoms with E-state index in [2.05, 4.69) is 53.4 Å². The van der Waals surface area contributed by atoms with Crippen LogP contribution in [-0.4, -0.2) is 50.3 Å². The molecule has 0 aromatic heterocycles. The van der Waals surface area contributed by atoms with Gasteiger partial charge in [-0.15, -0.1) is 0 Å². The van der Waals surface area contributed by atoms with E-state index in [0.717, 1.165) is 18.7 Å². The molecule has 1 amide bonds. The Bertz CT molecular complexity index is 1120. The van der Waals surface area contributed by atoms with Crippen molar-refractivity contribution in [3.05, 3.63) is 102 Å². The quantitative estimate of drug-likeness (QED) is 0.583. The van der Waals surface area contributed by atoms with Gasteiger partial charge in [0.15, 0.2) is 0 Å². The van der Waals surface area contributed by atoms with Crippen LogP contribution in [-0.2, 0) is 21.2 Å². The molecule has 2 N–H and O–H groups in total. The van der Waals surface area contributed by atoms with E-state index >= 15 is 0 Å². The zero-order chi connectivity index (χ0) is 23.3. The zero-order valence-electron chi connectivity index (χ0n) is 18.5. The number of sulfonamides is 1. The third kappa shape index (κ3) is 5.87. The first-order valence-corrected chi connectivity index (χ1v) is 12.7. The molecule has 3 aromatic carbocycles. The summed E-state index contributed by atoms with van der Waals surface area (Å²) in [4.78, 5) is 17.3. The number of nitrogens with two attached hydrogens (primary N) is 1. The number of primary sulfonamides is 1. The number of hydrogen-bond donors (Lipinski definition) is 1. The molecular weight excluding hydrogens is 434 g/mol. The minimum atomic E-state index is -3.70. The zero-order valence-corrected chi connectivity index (χ0v) is 19.3. The lowest BCUT2D eigenvalue weighted by molar-refractivity contribution is -0.133.